The van der Waals surface area contributed by atoms with Gasteiger partial charge in [-0.2, -0.15) is 0 Å². The molecule has 1 saturated heterocycles. The van der Waals surface area contributed by atoms with Gasteiger partial charge in [0.25, 0.3) is 0 Å². The van der Waals surface area contributed by atoms with E-state index < -0.39 is 59.2 Å². The number of hydrogen-bond donors (Lipinski definition) is 6. The van der Waals surface area contributed by atoms with Gasteiger partial charge in [0.15, 0.2) is 0 Å². The number of carbonyl (C=O) groups is 1. The Bertz CT molecular complexity index is 1140. The molecule has 0 bridgehead atoms. The third-order valence-electron chi connectivity index (χ3n) is 7.33. The molecule has 0 aliphatic carbocycles. The van der Waals surface area contributed by atoms with E-state index in [9.17, 15) is 15.0 Å². The smallest absolute Gasteiger partial charge is 0.237 e. The van der Waals surface area contributed by atoms with Crippen LogP contribution in [0.15, 0.2) is 36.4 Å². The number of halogens is 4. The number of aliphatic hydroxyl groups is 3. The molecule has 1 amide bonds. The second-order valence-electron chi connectivity index (χ2n) is 10.6. The number of nitrogens with two attached hydrogens (primary N) is 1. The molecule has 7 N–H and O–H groups in total. The van der Waals surface area contributed by atoms with Crippen molar-refractivity contribution in [1.82, 2.24) is 10.6 Å². The molecule has 0 spiro atoms. The Hall–Kier alpha value is -1.85. The van der Waals surface area contributed by atoms with Crippen LogP contribution in [0.1, 0.15) is 50.2 Å². The minimum atomic E-state index is -1.64. The molecular formula is C27H35Cl2F2N3O4. The SMILES string of the molecule is CC(C)(CCO)C[C@@H]1N[C@@H](C(=O)NCC[C@H](O)CO)[C@H](c2cccc(Cl)c2F)[C@@]1(N)c1ccc(Cl)cc1F. The lowest BCUT2D eigenvalue weighted by Crippen LogP contribution is -2.52. The molecule has 2 aromatic rings. The van der Waals surface area contributed by atoms with Crippen LogP contribution in [0.2, 0.25) is 10.0 Å². The first-order chi connectivity index (χ1) is 17.9. The third kappa shape index (κ3) is 6.47. The van der Waals surface area contributed by atoms with Crippen LogP contribution in [0, 0.1) is 17.0 Å². The highest BCUT2D eigenvalue weighted by molar-refractivity contribution is 6.31. The summed E-state index contributed by atoms with van der Waals surface area (Å²) in [5.41, 5.74) is 5.10. The first-order valence-corrected chi connectivity index (χ1v) is 13.2. The molecular weight excluding hydrogens is 539 g/mol. The third-order valence-corrected chi connectivity index (χ3v) is 7.86. The van der Waals surface area contributed by atoms with E-state index in [4.69, 9.17) is 34.0 Å². The molecule has 11 heteroatoms. The molecule has 1 heterocycles. The van der Waals surface area contributed by atoms with Gasteiger partial charge in [-0.15, -0.1) is 0 Å². The number of benzene rings is 2. The van der Waals surface area contributed by atoms with Crippen LogP contribution in [-0.4, -0.2) is 59.2 Å². The van der Waals surface area contributed by atoms with Gasteiger partial charge in [0.2, 0.25) is 5.91 Å². The molecule has 5 atom stereocenters. The topological polar surface area (TPSA) is 128 Å². The van der Waals surface area contributed by atoms with E-state index in [-0.39, 0.29) is 40.7 Å². The molecule has 3 rings (SSSR count). The highest BCUT2D eigenvalue weighted by Gasteiger charge is 2.58. The standard InChI is InChI=1S/C27H35Cl2F2N3O4/c1-26(2,9-11-35)13-21-27(32,18-7-6-15(28)12-20(18)30)22(17-4-3-5-19(29)23(17)31)24(34-21)25(38)33-10-8-16(37)14-36/h3-7,12,16,21-22,24,34-37H,8-11,13-14,32H2,1-2H3,(H,33,38)/t16-,21-,22-,24+,27+/m0/s1. The summed E-state index contributed by atoms with van der Waals surface area (Å²) in [5.74, 6) is -3.11. The van der Waals surface area contributed by atoms with Crippen molar-refractivity contribution in [1.29, 1.82) is 0 Å². The number of amides is 1. The Kier molecular flexibility index (Phi) is 10.1. The normalized spacial score (nSPS) is 24.4. The Morgan fingerprint density at radius 3 is 2.58 bits per heavy atom. The predicted octanol–water partition coefficient (Wildman–Crippen LogP) is 3.21. The van der Waals surface area contributed by atoms with Crippen LogP contribution in [0.4, 0.5) is 8.78 Å². The van der Waals surface area contributed by atoms with Crippen molar-refractivity contribution < 1.29 is 28.9 Å². The minimum absolute atomic E-state index is 0.0387. The summed E-state index contributed by atoms with van der Waals surface area (Å²) in [5, 5.41) is 34.3. The molecule has 7 nitrogen and oxygen atoms in total. The van der Waals surface area contributed by atoms with Crippen molar-refractivity contribution in [3.8, 4) is 0 Å². The van der Waals surface area contributed by atoms with Gasteiger partial charge in [0.1, 0.15) is 11.6 Å². The van der Waals surface area contributed by atoms with E-state index in [2.05, 4.69) is 10.6 Å². The van der Waals surface area contributed by atoms with Crippen molar-refractivity contribution >= 4 is 29.1 Å². The van der Waals surface area contributed by atoms with Gasteiger partial charge in [-0.25, -0.2) is 8.78 Å². The second-order valence-corrected chi connectivity index (χ2v) is 11.5. The summed E-state index contributed by atoms with van der Waals surface area (Å²) in [4.78, 5) is 13.5. The summed E-state index contributed by atoms with van der Waals surface area (Å²) in [7, 11) is 0. The summed E-state index contributed by atoms with van der Waals surface area (Å²) >= 11 is 12.1. The van der Waals surface area contributed by atoms with Crippen molar-refractivity contribution in [3.63, 3.8) is 0 Å². The van der Waals surface area contributed by atoms with E-state index in [1.165, 1.54) is 30.3 Å². The van der Waals surface area contributed by atoms with Crippen LogP contribution in [0.3, 0.4) is 0 Å². The van der Waals surface area contributed by atoms with Crippen molar-refractivity contribution in [2.75, 3.05) is 19.8 Å². The second kappa shape index (κ2) is 12.6. The molecule has 0 aromatic heterocycles. The van der Waals surface area contributed by atoms with Crippen LogP contribution in [-0.2, 0) is 10.3 Å². The molecule has 38 heavy (non-hydrogen) atoms. The minimum Gasteiger partial charge on any atom is -0.396 e. The Balaban J connectivity index is 2.18. The Morgan fingerprint density at radius 1 is 1.24 bits per heavy atom. The number of aliphatic hydroxyl groups excluding tert-OH is 3. The first kappa shape index (κ1) is 30.7. The van der Waals surface area contributed by atoms with Crippen molar-refractivity contribution in [2.24, 2.45) is 11.1 Å². The highest BCUT2D eigenvalue weighted by atomic mass is 35.5. The average Bonchev–Trinajstić information content (AvgIpc) is 3.12. The van der Waals surface area contributed by atoms with E-state index in [1.54, 1.807) is 0 Å². The van der Waals surface area contributed by atoms with Crippen LogP contribution < -0.4 is 16.4 Å². The van der Waals surface area contributed by atoms with Gasteiger partial charge >= 0.3 is 0 Å². The molecule has 2 aromatic carbocycles. The van der Waals surface area contributed by atoms with Gasteiger partial charge < -0.3 is 31.7 Å². The van der Waals surface area contributed by atoms with Gasteiger partial charge in [0.05, 0.1) is 29.3 Å². The average molecular weight is 574 g/mol. The Labute approximate surface area is 231 Å². The van der Waals surface area contributed by atoms with Crippen LogP contribution >= 0.6 is 23.2 Å². The van der Waals surface area contributed by atoms with Crippen molar-refractivity contribution in [3.05, 3.63) is 69.2 Å². The molecule has 1 fully saturated rings. The predicted molar refractivity (Wildman–Crippen MR) is 143 cm³/mol. The van der Waals surface area contributed by atoms with Gasteiger partial charge in [-0.05, 0) is 48.4 Å². The fraction of sp³-hybridized carbons (Fsp3) is 0.519. The molecule has 0 saturated carbocycles. The molecule has 210 valence electrons. The summed E-state index contributed by atoms with van der Waals surface area (Å²) in [6.07, 6.45) is -0.191. The first-order valence-electron chi connectivity index (χ1n) is 12.5. The molecule has 0 unspecified atom stereocenters. The summed E-state index contributed by atoms with van der Waals surface area (Å²) in [6.45, 7) is 3.33. The summed E-state index contributed by atoms with van der Waals surface area (Å²) < 4.78 is 31.1. The molecule has 1 aliphatic heterocycles. The summed E-state index contributed by atoms with van der Waals surface area (Å²) in [6, 6.07) is 6.59. The number of carbonyl (C=O) groups excluding carboxylic acids is 1. The van der Waals surface area contributed by atoms with E-state index in [1.807, 2.05) is 13.8 Å². The van der Waals surface area contributed by atoms with Crippen LogP contribution in [0.5, 0.6) is 0 Å². The number of hydrogen-bond acceptors (Lipinski definition) is 6. The molecule has 0 radical (unpaired) electrons. The van der Waals surface area contributed by atoms with Crippen LogP contribution in [0.25, 0.3) is 0 Å². The fourth-order valence-corrected chi connectivity index (χ4v) is 5.65. The quantitative estimate of drug-likeness (QED) is 0.245. The maximum absolute atomic E-state index is 15.5. The lowest BCUT2D eigenvalue weighted by atomic mass is 9.67. The zero-order valence-electron chi connectivity index (χ0n) is 21.4. The number of rotatable bonds is 11. The zero-order valence-corrected chi connectivity index (χ0v) is 22.9. The zero-order chi connectivity index (χ0) is 28.3. The highest BCUT2D eigenvalue weighted by Crippen LogP contribution is 2.50. The maximum atomic E-state index is 15.5. The monoisotopic (exact) mass is 573 g/mol. The molecule has 1 aliphatic rings. The maximum Gasteiger partial charge on any atom is 0.237 e. The Morgan fingerprint density at radius 2 is 1.95 bits per heavy atom. The van der Waals surface area contributed by atoms with E-state index in [0.29, 0.717) is 12.8 Å². The lowest BCUT2D eigenvalue weighted by molar-refractivity contribution is -0.123. The van der Waals surface area contributed by atoms with Crippen molar-refractivity contribution in [2.45, 2.75) is 62.8 Å². The lowest BCUT2D eigenvalue weighted by Gasteiger charge is -2.40. The largest absolute Gasteiger partial charge is 0.396 e. The van der Waals surface area contributed by atoms with Gasteiger partial charge in [-0.3, -0.25) is 4.79 Å². The van der Waals surface area contributed by atoms with E-state index >= 15 is 8.78 Å². The van der Waals surface area contributed by atoms with E-state index in [0.717, 1.165) is 6.07 Å². The number of nitrogens with one attached hydrogen (secondary N) is 2. The fourth-order valence-electron chi connectivity index (χ4n) is 5.31. The van der Waals surface area contributed by atoms with Gasteiger partial charge in [-0.1, -0.05) is 55.2 Å². The van der Waals surface area contributed by atoms with Gasteiger partial charge in [0, 0.05) is 35.7 Å².